The highest BCUT2D eigenvalue weighted by Crippen LogP contribution is 2.30. The van der Waals surface area contributed by atoms with Gasteiger partial charge in [-0.1, -0.05) is 44.2 Å². The number of hydrogen-bond donors (Lipinski definition) is 1. The lowest BCUT2D eigenvalue weighted by atomic mass is 9.77. The van der Waals surface area contributed by atoms with Gasteiger partial charge in [-0.05, 0) is 43.2 Å². The van der Waals surface area contributed by atoms with E-state index in [4.69, 9.17) is 4.74 Å². The largest absolute Gasteiger partial charge is 0.464 e. The van der Waals surface area contributed by atoms with Crippen LogP contribution in [0.3, 0.4) is 0 Å². The summed E-state index contributed by atoms with van der Waals surface area (Å²) < 4.78 is 5.44. The Morgan fingerprint density at radius 3 is 2.80 bits per heavy atom. The number of esters is 1. The van der Waals surface area contributed by atoms with Gasteiger partial charge < -0.3 is 10.1 Å². The molecule has 1 aliphatic rings. The third-order valence-corrected chi connectivity index (χ3v) is 4.06. The molecule has 1 atom stereocenters. The number of carbonyl (C=O) groups is 1. The van der Waals surface area contributed by atoms with Crippen LogP contribution in [0.2, 0.25) is 0 Å². The van der Waals surface area contributed by atoms with Crippen molar-refractivity contribution >= 4 is 5.97 Å². The standard InChI is InChI=1S/C17H25NO2/c1-17(2)11-7-12-18-15(17)16(19)20-13-6-10-14-8-4-3-5-9-14/h3-5,8-9,15,18H,6-7,10-13H2,1-2H3. The van der Waals surface area contributed by atoms with Crippen LogP contribution >= 0.6 is 0 Å². The van der Waals surface area contributed by atoms with Crippen LogP contribution in [0.1, 0.15) is 38.7 Å². The molecule has 3 nitrogen and oxygen atoms in total. The lowest BCUT2D eigenvalue weighted by molar-refractivity contribution is -0.150. The maximum Gasteiger partial charge on any atom is 0.323 e. The van der Waals surface area contributed by atoms with E-state index < -0.39 is 0 Å². The summed E-state index contributed by atoms with van der Waals surface area (Å²) in [4.78, 5) is 12.1. The maximum atomic E-state index is 12.1. The number of rotatable bonds is 5. The topological polar surface area (TPSA) is 38.3 Å². The summed E-state index contributed by atoms with van der Waals surface area (Å²) in [5, 5.41) is 3.29. The molecule has 2 rings (SSSR count). The van der Waals surface area contributed by atoms with Crippen LogP contribution in [0.5, 0.6) is 0 Å². The first-order valence-electron chi connectivity index (χ1n) is 7.53. The second kappa shape index (κ2) is 6.89. The molecule has 0 amide bonds. The number of hydrogen-bond acceptors (Lipinski definition) is 3. The van der Waals surface area contributed by atoms with Gasteiger partial charge in [-0.15, -0.1) is 0 Å². The van der Waals surface area contributed by atoms with Gasteiger partial charge in [0.1, 0.15) is 6.04 Å². The minimum Gasteiger partial charge on any atom is -0.464 e. The average molecular weight is 275 g/mol. The van der Waals surface area contributed by atoms with Gasteiger partial charge in [0.2, 0.25) is 0 Å². The van der Waals surface area contributed by atoms with Gasteiger partial charge in [-0.2, -0.15) is 0 Å². The van der Waals surface area contributed by atoms with E-state index in [1.807, 2.05) is 18.2 Å². The molecule has 20 heavy (non-hydrogen) atoms. The second-order valence-electron chi connectivity index (χ2n) is 6.24. The smallest absolute Gasteiger partial charge is 0.323 e. The molecule has 1 heterocycles. The van der Waals surface area contributed by atoms with Crippen molar-refractivity contribution in [1.29, 1.82) is 0 Å². The zero-order valence-corrected chi connectivity index (χ0v) is 12.5. The minimum atomic E-state index is -0.159. The van der Waals surface area contributed by atoms with E-state index >= 15 is 0 Å². The molecule has 0 spiro atoms. The van der Waals surface area contributed by atoms with E-state index in [-0.39, 0.29) is 17.4 Å². The molecular formula is C17H25NO2. The highest BCUT2D eigenvalue weighted by Gasteiger charge is 2.38. The fourth-order valence-electron chi connectivity index (χ4n) is 2.79. The van der Waals surface area contributed by atoms with Crippen LogP contribution in [0, 0.1) is 5.41 Å². The predicted molar refractivity (Wildman–Crippen MR) is 80.5 cm³/mol. The van der Waals surface area contributed by atoms with Crippen molar-refractivity contribution in [2.45, 2.75) is 45.6 Å². The van der Waals surface area contributed by atoms with Crippen molar-refractivity contribution in [3.05, 3.63) is 35.9 Å². The minimum absolute atomic E-state index is 0.00520. The number of piperidine rings is 1. The van der Waals surface area contributed by atoms with Crippen LogP contribution in [0.15, 0.2) is 30.3 Å². The number of nitrogens with one attached hydrogen (secondary N) is 1. The van der Waals surface area contributed by atoms with Gasteiger partial charge in [-0.3, -0.25) is 4.79 Å². The average Bonchev–Trinajstić information content (AvgIpc) is 2.44. The zero-order chi connectivity index (χ0) is 14.4. The third-order valence-electron chi connectivity index (χ3n) is 4.06. The Morgan fingerprint density at radius 1 is 1.35 bits per heavy atom. The van der Waals surface area contributed by atoms with Crippen LogP contribution in [0.25, 0.3) is 0 Å². The van der Waals surface area contributed by atoms with Crippen LogP contribution in [-0.4, -0.2) is 25.2 Å². The lowest BCUT2D eigenvalue weighted by Crippen LogP contribution is -2.52. The molecular weight excluding hydrogens is 250 g/mol. The molecule has 0 aliphatic carbocycles. The molecule has 1 saturated heterocycles. The number of carbonyl (C=O) groups excluding carboxylic acids is 1. The summed E-state index contributed by atoms with van der Waals surface area (Å²) in [6, 6.07) is 10.1. The fourth-order valence-corrected chi connectivity index (χ4v) is 2.79. The number of aryl methyl sites for hydroxylation is 1. The summed E-state index contributed by atoms with van der Waals surface area (Å²) in [7, 11) is 0. The Labute approximate surface area is 121 Å². The summed E-state index contributed by atoms with van der Waals surface area (Å²) in [5.74, 6) is -0.0947. The molecule has 0 saturated carbocycles. The Morgan fingerprint density at radius 2 is 2.10 bits per heavy atom. The molecule has 3 heteroatoms. The SMILES string of the molecule is CC1(C)CCCNC1C(=O)OCCCc1ccccc1. The fraction of sp³-hybridized carbons (Fsp3) is 0.588. The lowest BCUT2D eigenvalue weighted by Gasteiger charge is -2.37. The first-order chi connectivity index (χ1) is 9.59. The first-order valence-corrected chi connectivity index (χ1v) is 7.53. The van der Waals surface area contributed by atoms with Crippen molar-refractivity contribution in [2.24, 2.45) is 5.41 Å². The molecule has 1 aromatic carbocycles. The molecule has 1 unspecified atom stereocenters. The van der Waals surface area contributed by atoms with Crippen LogP contribution in [-0.2, 0) is 16.0 Å². The third kappa shape index (κ3) is 4.07. The van der Waals surface area contributed by atoms with Gasteiger partial charge in [0.15, 0.2) is 0 Å². The van der Waals surface area contributed by atoms with E-state index in [1.54, 1.807) is 0 Å². The zero-order valence-electron chi connectivity index (χ0n) is 12.5. The van der Waals surface area contributed by atoms with E-state index in [2.05, 4.69) is 31.3 Å². The highest BCUT2D eigenvalue weighted by molar-refractivity contribution is 5.77. The molecule has 110 valence electrons. The predicted octanol–water partition coefficient (Wildman–Crippen LogP) is 2.94. The van der Waals surface area contributed by atoms with Crippen molar-refractivity contribution in [3.63, 3.8) is 0 Å². The van der Waals surface area contributed by atoms with E-state index in [9.17, 15) is 4.79 Å². The molecule has 0 bridgehead atoms. The monoisotopic (exact) mass is 275 g/mol. The van der Waals surface area contributed by atoms with Gasteiger partial charge in [0, 0.05) is 0 Å². The van der Waals surface area contributed by atoms with E-state index in [0.717, 1.165) is 32.2 Å². The Bertz CT molecular complexity index is 428. The van der Waals surface area contributed by atoms with Gasteiger partial charge in [0.25, 0.3) is 0 Å². The van der Waals surface area contributed by atoms with Crippen molar-refractivity contribution in [3.8, 4) is 0 Å². The normalized spacial score (nSPS) is 21.4. The first kappa shape index (κ1) is 15.0. The summed E-state index contributed by atoms with van der Waals surface area (Å²) in [5.41, 5.74) is 1.29. The van der Waals surface area contributed by atoms with Gasteiger partial charge in [0.05, 0.1) is 6.61 Å². The van der Waals surface area contributed by atoms with Gasteiger partial charge >= 0.3 is 5.97 Å². The number of ether oxygens (including phenoxy) is 1. The summed E-state index contributed by atoms with van der Waals surface area (Å²) >= 11 is 0. The Hall–Kier alpha value is -1.35. The van der Waals surface area contributed by atoms with E-state index in [1.165, 1.54) is 5.56 Å². The second-order valence-corrected chi connectivity index (χ2v) is 6.24. The van der Waals surface area contributed by atoms with Crippen molar-refractivity contribution in [2.75, 3.05) is 13.2 Å². The maximum absolute atomic E-state index is 12.1. The quantitative estimate of drug-likeness (QED) is 0.663. The number of benzene rings is 1. The molecule has 0 radical (unpaired) electrons. The van der Waals surface area contributed by atoms with Crippen molar-refractivity contribution in [1.82, 2.24) is 5.32 Å². The molecule has 1 aliphatic heterocycles. The van der Waals surface area contributed by atoms with Gasteiger partial charge in [-0.25, -0.2) is 0 Å². The Kier molecular flexibility index (Phi) is 5.18. The van der Waals surface area contributed by atoms with Crippen LogP contribution in [0.4, 0.5) is 0 Å². The molecule has 0 aromatic heterocycles. The van der Waals surface area contributed by atoms with Crippen LogP contribution < -0.4 is 5.32 Å². The summed E-state index contributed by atoms with van der Waals surface area (Å²) in [6.07, 6.45) is 4.03. The molecule has 1 aromatic rings. The summed E-state index contributed by atoms with van der Waals surface area (Å²) in [6.45, 7) is 5.68. The highest BCUT2D eigenvalue weighted by atomic mass is 16.5. The van der Waals surface area contributed by atoms with Crippen molar-refractivity contribution < 1.29 is 9.53 Å². The van der Waals surface area contributed by atoms with E-state index in [0.29, 0.717) is 6.61 Å². The Balaban J connectivity index is 1.72. The molecule has 1 N–H and O–H groups in total. The molecule has 1 fully saturated rings.